The maximum atomic E-state index is 11.2. The number of nitrogens with zero attached hydrogens (tertiary/aromatic N) is 2. The van der Waals surface area contributed by atoms with Crippen LogP contribution in [0.25, 0.3) is 10.8 Å². The molecule has 0 aliphatic carbocycles. The molecule has 0 heterocycles. The van der Waals surface area contributed by atoms with Gasteiger partial charge in [-0.1, -0.05) is 0 Å². The Morgan fingerprint density at radius 2 is 1.52 bits per heavy atom. The molecule has 0 aliphatic heterocycles. The molecule has 23 heavy (non-hydrogen) atoms. The number of hydrogen-bond acceptors (Lipinski definition) is 4. The van der Waals surface area contributed by atoms with Crippen molar-refractivity contribution in [3.63, 3.8) is 0 Å². The average Bonchev–Trinajstić information content (AvgIpc) is 2.53. The van der Waals surface area contributed by atoms with Gasteiger partial charge in [-0.25, -0.2) is 0 Å². The van der Waals surface area contributed by atoms with Gasteiger partial charge in [0.05, 0.1) is 0 Å². The average molecular weight is 372 g/mol. The Labute approximate surface area is 134 Å². The quantitative estimate of drug-likeness (QED) is 0.486. The molecule has 6 nitrogen and oxygen atoms in total. The normalized spacial score (nSPS) is 12.1. The summed E-state index contributed by atoms with van der Waals surface area (Å²) >= 11 is -4.89. The van der Waals surface area contributed by atoms with Crippen molar-refractivity contribution in [2.45, 2.75) is 0 Å². The molecule has 3 aromatic rings. The number of fused-ring (bicyclic) bond motifs is 1. The van der Waals surface area contributed by atoms with Crippen molar-refractivity contribution < 1.29 is 17.0 Å². The molecule has 0 fully saturated rings. The summed E-state index contributed by atoms with van der Waals surface area (Å²) in [4.78, 5) is 0. The summed E-state index contributed by atoms with van der Waals surface area (Å²) < 4.78 is 29.4. The summed E-state index contributed by atoms with van der Waals surface area (Å²) in [5.74, 6) is 0.0162. The molecule has 0 amide bonds. The first-order valence-corrected chi connectivity index (χ1v) is 10.1. The number of phenols is 1. The van der Waals surface area contributed by atoms with Crippen molar-refractivity contribution in [3.05, 3.63) is 60.7 Å². The summed E-state index contributed by atoms with van der Waals surface area (Å²) in [5.41, 5.74) is 0.788. The number of aromatic hydroxyl groups is 1. The Hall–Kier alpha value is -2.40. The molecule has 0 aliphatic rings. The minimum atomic E-state index is -4.89. The Morgan fingerprint density at radius 1 is 0.826 bits per heavy atom. The van der Waals surface area contributed by atoms with Crippen LogP contribution in [0.3, 0.4) is 0 Å². The van der Waals surface area contributed by atoms with Gasteiger partial charge >= 0.3 is 134 Å². The molecular formula is C16H13AsN2O4. The van der Waals surface area contributed by atoms with Crippen LogP contribution in [0, 0.1) is 0 Å². The second kappa shape index (κ2) is 6.01. The summed E-state index contributed by atoms with van der Waals surface area (Å²) in [5, 5.41) is 19.8. The molecule has 0 saturated heterocycles. The van der Waals surface area contributed by atoms with Crippen molar-refractivity contribution in [1.82, 2.24) is 0 Å². The van der Waals surface area contributed by atoms with E-state index in [4.69, 9.17) is 8.19 Å². The zero-order valence-electron chi connectivity index (χ0n) is 11.9. The molecular weight excluding hydrogens is 359 g/mol. The Balaban J connectivity index is 1.97. The van der Waals surface area contributed by atoms with E-state index in [-0.39, 0.29) is 10.1 Å². The van der Waals surface area contributed by atoms with Gasteiger partial charge in [-0.05, 0) is 0 Å². The van der Waals surface area contributed by atoms with Crippen molar-refractivity contribution in [2.75, 3.05) is 0 Å². The minimum absolute atomic E-state index is 0.0162. The summed E-state index contributed by atoms with van der Waals surface area (Å²) in [6, 6.07) is 16.4. The summed E-state index contributed by atoms with van der Waals surface area (Å²) in [6.07, 6.45) is 0. The van der Waals surface area contributed by atoms with Crippen LogP contribution in [0.2, 0.25) is 0 Å². The second-order valence-electron chi connectivity index (χ2n) is 4.91. The van der Waals surface area contributed by atoms with Crippen LogP contribution in [-0.4, -0.2) is 27.5 Å². The molecule has 0 radical (unpaired) electrons. The van der Waals surface area contributed by atoms with Gasteiger partial charge in [-0.3, -0.25) is 0 Å². The topological polar surface area (TPSA) is 102 Å². The number of azo groups is 1. The van der Waals surface area contributed by atoms with Gasteiger partial charge in [-0.2, -0.15) is 0 Å². The number of benzene rings is 3. The second-order valence-corrected chi connectivity index (χ2v) is 8.28. The molecule has 3 aromatic carbocycles. The van der Waals surface area contributed by atoms with Gasteiger partial charge in [0.2, 0.25) is 0 Å². The van der Waals surface area contributed by atoms with Crippen LogP contribution in [0.1, 0.15) is 0 Å². The van der Waals surface area contributed by atoms with E-state index in [0.717, 1.165) is 10.8 Å². The molecule has 0 atom stereocenters. The van der Waals surface area contributed by atoms with E-state index in [1.54, 1.807) is 12.1 Å². The van der Waals surface area contributed by atoms with E-state index in [1.807, 2.05) is 24.3 Å². The Bertz CT molecular complexity index is 932. The van der Waals surface area contributed by atoms with Gasteiger partial charge in [0.1, 0.15) is 0 Å². The van der Waals surface area contributed by atoms with Crippen LogP contribution in [-0.2, 0) is 3.74 Å². The van der Waals surface area contributed by atoms with Crippen LogP contribution >= 0.6 is 0 Å². The predicted molar refractivity (Wildman–Crippen MR) is 86.7 cm³/mol. The van der Waals surface area contributed by atoms with Crippen LogP contribution in [0.15, 0.2) is 70.9 Å². The molecule has 7 heteroatoms. The SMILES string of the molecule is O=[As](O)(O)c1ccc(N=Nc2c(O)ccc3ccccc23)cc1. The first kappa shape index (κ1) is 15.5. The van der Waals surface area contributed by atoms with Gasteiger partial charge in [0.25, 0.3) is 0 Å². The first-order valence-electron chi connectivity index (χ1n) is 6.74. The first-order chi connectivity index (χ1) is 10.9. The van der Waals surface area contributed by atoms with E-state index in [2.05, 4.69) is 10.2 Å². The third kappa shape index (κ3) is 3.34. The number of hydrogen-bond donors (Lipinski definition) is 3. The van der Waals surface area contributed by atoms with Crippen LogP contribution in [0.5, 0.6) is 5.75 Å². The van der Waals surface area contributed by atoms with Crippen molar-refractivity contribution in [1.29, 1.82) is 0 Å². The molecule has 0 bridgehead atoms. The molecule has 3 N–H and O–H groups in total. The van der Waals surface area contributed by atoms with Crippen LogP contribution < -0.4 is 4.35 Å². The standard InChI is InChI=1S/C16H13AsN2O4/c20-15-10-5-11-3-1-2-4-14(11)16(15)19-18-13-8-6-12(7-9-13)17(21,22)23/h1-10,20H,(H2,21,22,23). The van der Waals surface area contributed by atoms with Crippen molar-refractivity contribution in [3.8, 4) is 5.75 Å². The fourth-order valence-corrected chi connectivity index (χ4v) is 3.30. The van der Waals surface area contributed by atoms with Crippen molar-refractivity contribution in [2.24, 2.45) is 10.2 Å². The zero-order valence-corrected chi connectivity index (χ0v) is 13.7. The molecule has 3 rings (SSSR count). The third-order valence-corrected chi connectivity index (χ3v) is 5.37. The molecule has 0 unspecified atom stereocenters. The van der Waals surface area contributed by atoms with Gasteiger partial charge in [0.15, 0.2) is 0 Å². The Morgan fingerprint density at radius 3 is 2.22 bits per heavy atom. The zero-order chi connectivity index (χ0) is 16.4. The maximum absolute atomic E-state index is 11.2. The fraction of sp³-hybridized carbons (Fsp3) is 0. The van der Waals surface area contributed by atoms with Gasteiger partial charge < -0.3 is 0 Å². The van der Waals surface area contributed by atoms with E-state index in [9.17, 15) is 8.85 Å². The molecule has 116 valence electrons. The van der Waals surface area contributed by atoms with Crippen molar-refractivity contribution >= 4 is 40.7 Å². The fourth-order valence-electron chi connectivity index (χ4n) is 2.17. The third-order valence-electron chi connectivity index (χ3n) is 3.33. The van der Waals surface area contributed by atoms with Gasteiger partial charge in [-0.15, -0.1) is 0 Å². The molecule has 0 spiro atoms. The summed E-state index contributed by atoms with van der Waals surface area (Å²) in [6.45, 7) is 0. The van der Waals surface area contributed by atoms with E-state index >= 15 is 0 Å². The number of phenolic OH excluding ortho intramolecular Hbond substituents is 1. The van der Waals surface area contributed by atoms with E-state index < -0.39 is 14.2 Å². The monoisotopic (exact) mass is 372 g/mol. The molecule has 0 aromatic heterocycles. The summed E-state index contributed by atoms with van der Waals surface area (Å²) in [7, 11) is 0. The van der Waals surface area contributed by atoms with E-state index in [0.29, 0.717) is 11.4 Å². The van der Waals surface area contributed by atoms with E-state index in [1.165, 1.54) is 24.3 Å². The predicted octanol–water partition coefficient (Wildman–Crippen LogP) is 2.52. The molecule has 0 saturated carbocycles. The van der Waals surface area contributed by atoms with Crippen LogP contribution in [0.4, 0.5) is 11.4 Å². The number of rotatable bonds is 3. The van der Waals surface area contributed by atoms with Gasteiger partial charge in [0, 0.05) is 0 Å². The Kier molecular flexibility index (Phi) is 4.05.